The van der Waals surface area contributed by atoms with Crippen LogP contribution in [0.15, 0.2) is 18.2 Å². The molecule has 3 amide bonds. The highest BCUT2D eigenvalue weighted by atomic mass is 19.1. The van der Waals surface area contributed by atoms with Gasteiger partial charge in [-0.25, -0.2) is 9.18 Å². The Bertz CT molecular complexity index is 789. The second kappa shape index (κ2) is 8.11. The molecule has 0 aromatic heterocycles. The Morgan fingerprint density at radius 3 is 2.64 bits per heavy atom. The maximum atomic E-state index is 14.5. The maximum Gasteiger partial charge on any atom is 0.408 e. The Morgan fingerprint density at radius 2 is 2.07 bits per heavy atom. The molecular formula is C18H23FN4O5. The lowest BCUT2D eigenvalue weighted by atomic mass is 10.1. The summed E-state index contributed by atoms with van der Waals surface area (Å²) in [4.78, 5) is 38.7. The van der Waals surface area contributed by atoms with E-state index in [1.165, 1.54) is 24.1 Å². The van der Waals surface area contributed by atoms with Gasteiger partial charge in [0.05, 0.1) is 24.5 Å². The minimum Gasteiger partial charge on any atom is -0.465 e. The molecule has 28 heavy (non-hydrogen) atoms. The molecule has 3 rings (SSSR count). The number of amides is 3. The lowest BCUT2D eigenvalue weighted by molar-refractivity contribution is -0.120. The van der Waals surface area contributed by atoms with E-state index in [1.807, 2.05) is 0 Å². The summed E-state index contributed by atoms with van der Waals surface area (Å²) in [6, 6.07) is 2.76. The summed E-state index contributed by atoms with van der Waals surface area (Å²) in [5, 5.41) is 11.7. The first-order valence-electron chi connectivity index (χ1n) is 9.01. The van der Waals surface area contributed by atoms with Crippen LogP contribution in [0.2, 0.25) is 0 Å². The molecule has 3 atom stereocenters. The van der Waals surface area contributed by atoms with Gasteiger partial charge in [0.15, 0.2) is 0 Å². The number of methoxy groups -OCH3 is 1. The van der Waals surface area contributed by atoms with Gasteiger partial charge in [0.2, 0.25) is 5.91 Å². The van der Waals surface area contributed by atoms with Crippen molar-refractivity contribution in [3.8, 4) is 0 Å². The number of likely N-dealkylation sites (tertiary alicyclic amines) is 2. The lowest BCUT2D eigenvalue weighted by Gasteiger charge is -2.22. The summed E-state index contributed by atoms with van der Waals surface area (Å²) < 4.78 is 19.6. The summed E-state index contributed by atoms with van der Waals surface area (Å²) in [7, 11) is 1.44. The molecule has 2 fully saturated rings. The summed E-state index contributed by atoms with van der Waals surface area (Å²) >= 11 is 0. The normalized spacial score (nSPS) is 24.5. The number of carbonyl (C=O) groups excluding carboxylic acids is 2. The van der Waals surface area contributed by atoms with Gasteiger partial charge in [-0.3, -0.25) is 14.5 Å². The summed E-state index contributed by atoms with van der Waals surface area (Å²) in [6.45, 7) is 0.587. The zero-order chi connectivity index (χ0) is 20.4. The number of hydrogen-bond acceptors (Lipinski definition) is 5. The number of rotatable bonds is 4. The van der Waals surface area contributed by atoms with Gasteiger partial charge in [0.1, 0.15) is 11.9 Å². The molecule has 4 N–H and O–H groups in total. The fraction of sp³-hybridized carbons (Fsp3) is 0.500. The molecule has 1 unspecified atom stereocenters. The molecule has 0 radical (unpaired) electrons. The molecule has 1 aromatic carbocycles. The molecule has 152 valence electrons. The smallest absolute Gasteiger partial charge is 0.408 e. The predicted molar refractivity (Wildman–Crippen MR) is 97.2 cm³/mol. The zero-order valence-corrected chi connectivity index (χ0v) is 15.4. The van der Waals surface area contributed by atoms with E-state index in [-0.39, 0.29) is 36.3 Å². The molecule has 0 saturated carbocycles. The van der Waals surface area contributed by atoms with Crippen LogP contribution < -0.4 is 11.1 Å². The molecule has 2 aliphatic rings. The summed E-state index contributed by atoms with van der Waals surface area (Å²) in [5.41, 5.74) is 5.89. The van der Waals surface area contributed by atoms with Crippen LogP contribution in [0.4, 0.5) is 14.9 Å². The highest BCUT2D eigenvalue weighted by Crippen LogP contribution is 2.24. The van der Waals surface area contributed by atoms with E-state index >= 15 is 0 Å². The van der Waals surface area contributed by atoms with Crippen molar-refractivity contribution in [2.45, 2.75) is 37.6 Å². The third kappa shape index (κ3) is 3.92. The molecule has 2 saturated heterocycles. The fourth-order valence-corrected chi connectivity index (χ4v) is 3.60. The molecule has 1 aromatic rings. The highest BCUT2D eigenvalue weighted by molar-refractivity contribution is 5.98. The second-order valence-electron chi connectivity index (χ2n) is 6.94. The van der Waals surface area contributed by atoms with E-state index in [9.17, 15) is 23.9 Å². The molecule has 0 aliphatic carbocycles. The molecular weight excluding hydrogens is 371 g/mol. The largest absolute Gasteiger partial charge is 0.465 e. The molecule has 2 aliphatic heterocycles. The third-order valence-electron chi connectivity index (χ3n) is 5.18. The minimum absolute atomic E-state index is 0.0654. The van der Waals surface area contributed by atoms with Crippen LogP contribution in [-0.4, -0.2) is 71.3 Å². The van der Waals surface area contributed by atoms with Gasteiger partial charge in [-0.15, -0.1) is 0 Å². The average Bonchev–Trinajstić information content (AvgIpc) is 3.29. The number of nitrogens with zero attached hydrogens (tertiary/aromatic N) is 2. The summed E-state index contributed by atoms with van der Waals surface area (Å²) in [6.07, 6.45) is -0.350. The number of carboxylic acid groups (broad SMARTS) is 1. The van der Waals surface area contributed by atoms with Gasteiger partial charge in [-0.1, -0.05) is 0 Å². The van der Waals surface area contributed by atoms with E-state index in [4.69, 9.17) is 10.5 Å². The van der Waals surface area contributed by atoms with E-state index in [2.05, 4.69) is 5.32 Å². The first-order valence-corrected chi connectivity index (χ1v) is 9.01. The maximum absolute atomic E-state index is 14.5. The number of hydrogen-bond donors (Lipinski definition) is 3. The number of benzene rings is 1. The Hall–Kier alpha value is -2.72. The fourth-order valence-electron chi connectivity index (χ4n) is 3.60. The Kier molecular flexibility index (Phi) is 5.80. The van der Waals surface area contributed by atoms with Crippen molar-refractivity contribution >= 4 is 23.6 Å². The molecule has 0 bridgehead atoms. The van der Waals surface area contributed by atoms with Crippen LogP contribution in [0.5, 0.6) is 0 Å². The van der Waals surface area contributed by atoms with Gasteiger partial charge in [0.25, 0.3) is 5.91 Å². The van der Waals surface area contributed by atoms with Crippen LogP contribution in [-0.2, 0) is 9.53 Å². The van der Waals surface area contributed by atoms with Gasteiger partial charge in [0, 0.05) is 25.6 Å². The summed E-state index contributed by atoms with van der Waals surface area (Å²) in [5.74, 6) is -1.80. The van der Waals surface area contributed by atoms with E-state index < -0.39 is 30.0 Å². The number of nitrogens with two attached hydrogens (primary N) is 1. The van der Waals surface area contributed by atoms with Gasteiger partial charge in [-0.2, -0.15) is 0 Å². The minimum atomic E-state index is -1.25. The Morgan fingerprint density at radius 1 is 1.32 bits per heavy atom. The van der Waals surface area contributed by atoms with Crippen LogP contribution in [0.1, 0.15) is 29.6 Å². The second-order valence-corrected chi connectivity index (χ2v) is 6.94. The topological polar surface area (TPSA) is 125 Å². The standard InChI is InChI=1S/C18H23FN4O5/c1-28-11-8-14(23(9-11)18(26)27)16(24)21-13-5-4-10(7-12(13)19)17(25)22-6-2-3-15(22)20/h4-5,7,11,14-15H,2-3,6,8-9,20H2,1H3,(H,21,24)(H,26,27)/t11-,14-,15?/m1/s1. The van der Waals surface area contributed by atoms with Crippen molar-refractivity contribution in [2.24, 2.45) is 5.73 Å². The Labute approximate surface area is 161 Å². The van der Waals surface area contributed by atoms with Crippen molar-refractivity contribution < 1.29 is 28.6 Å². The lowest BCUT2D eigenvalue weighted by Crippen LogP contribution is -2.42. The number of ether oxygens (including phenoxy) is 1. The Balaban J connectivity index is 1.71. The van der Waals surface area contributed by atoms with Crippen molar-refractivity contribution in [3.05, 3.63) is 29.6 Å². The van der Waals surface area contributed by atoms with Crippen molar-refractivity contribution in [1.29, 1.82) is 0 Å². The quantitative estimate of drug-likeness (QED) is 0.701. The van der Waals surface area contributed by atoms with Gasteiger partial charge in [-0.05, 0) is 31.0 Å². The number of halogens is 1. The molecule has 2 heterocycles. The molecule has 0 spiro atoms. The highest BCUT2D eigenvalue weighted by Gasteiger charge is 2.40. The van der Waals surface area contributed by atoms with Crippen LogP contribution in [0.3, 0.4) is 0 Å². The number of carbonyl (C=O) groups is 3. The number of anilines is 1. The van der Waals surface area contributed by atoms with Crippen LogP contribution in [0.25, 0.3) is 0 Å². The van der Waals surface area contributed by atoms with E-state index in [0.717, 1.165) is 17.4 Å². The van der Waals surface area contributed by atoms with Crippen molar-refractivity contribution in [1.82, 2.24) is 9.80 Å². The molecule has 10 heteroatoms. The van der Waals surface area contributed by atoms with Gasteiger partial charge < -0.3 is 25.8 Å². The van der Waals surface area contributed by atoms with E-state index in [0.29, 0.717) is 13.0 Å². The van der Waals surface area contributed by atoms with Gasteiger partial charge >= 0.3 is 6.09 Å². The average molecular weight is 394 g/mol. The number of nitrogens with one attached hydrogen (secondary N) is 1. The first-order chi connectivity index (χ1) is 13.3. The zero-order valence-electron chi connectivity index (χ0n) is 15.4. The predicted octanol–water partition coefficient (Wildman–Crippen LogP) is 1.05. The first kappa shape index (κ1) is 20.0. The molecule has 9 nitrogen and oxygen atoms in total. The van der Waals surface area contributed by atoms with Crippen molar-refractivity contribution in [2.75, 3.05) is 25.5 Å². The monoisotopic (exact) mass is 394 g/mol. The van der Waals surface area contributed by atoms with Crippen LogP contribution >= 0.6 is 0 Å². The third-order valence-corrected chi connectivity index (χ3v) is 5.18. The van der Waals surface area contributed by atoms with Crippen LogP contribution in [0, 0.1) is 5.82 Å². The van der Waals surface area contributed by atoms with Crippen molar-refractivity contribution in [3.63, 3.8) is 0 Å². The SMILES string of the molecule is CO[C@@H]1C[C@H](C(=O)Nc2ccc(C(=O)N3CCCC3N)cc2F)N(C(=O)O)C1. The van der Waals surface area contributed by atoms with E-state index in [1.54, 1.807) is 0 Å².